The third-order valence-corrected chi connectivity index (χ3v) is 2.26. The van der Waals surface area contributed by atoms with Gasteiger partial charge < -0.3 is 16.6 Å². The average molecular weight is 180 g/mol. The number of aliphatic hydroxyl groups is 1. The molecule has 1 aromatic rings. The number of hydrogen-bond donors (Lipinski definition) is 3. The summed E-state index contributed by atoms with van der Waals surface area (Å²) in [5, 5.41) is 8.75. The van der Waals surface area contributed by atoms with E-state index in [4.69, 9.17) is 16.6 Å². The van der Waals surface area contributed by atoms with Crippen molar-refractivity contribution in [2.45, 2.75) is 19.4 Å². The summed E-state index contributed by atoms with van der Waals surface area (Å²) in [6.07, 6.45) is 0.574. The van der Waals surface area contributed by atoms with Gasteiger partial charge in [0.1, 0.15) is 0 Å². The van der Waals surface area contributed by atoms with Gasteiger partial charge in [-0.2, -0.15) is 0 Å². The summed E-state index contributed by atoms with van der Waals surface area (Å²) in [6.45, 7) is 2.05. The molecule has 1 aromatic carbocycles. The number of nitrogen functional groups attached to an aromatic ring is 1. The Morgan fingerprint density at radius 2 is 2.15 bits per heavy atom. The maximum absolute atomic E-state index is 8.75. The first kappa shape index (κ1) is 10.0. The Morgan fingerprint density at radius 1 is 1.46 bits per heavy atom. The monoisotopic (exact) mass is 180 g/mol. The van der Waals surface area contributed by atoms with Crippen molar-refractivity contribution in [3.63, 3.8) is 0 Å². The zero-order chi connectivity index (χ0) is 9.84. The van der Waals surface area contributed by atoms with Gasteiger partial charge in [0.25, 0.3) is 0 Å². The van der Waals surface area contributed by atoms with Crippen LogP contribution < -0.4 is 11.5 Å². The molecule has 0 fully saturated rings. The number of aliphatic hydroxyl groups excluding tert-OH is 1. The van der Waals surface area contributed by atoms with Crippen molar-refractivity contribution in [3.05, 3.63) is 29.3 Å². The topological polar surface area (TPSA) is 72.3 Å². The smallest absolute Gasteiger partial charge is 0.0449 e. The Morgan fingerprint density at radius 3 is 2.77 bits per heavy atom. The SMILES string of the molecule is Cc1c(N)cccc1C(N)CCO. The molecule has 0 aromatic heterocycles. The fraction of sp³-hybridized carbons (Fsp3) is 0.400. The van der Waals surface area contributed by atoms with Crippen molar-refractivity contribution in [1.29, 1.82) is 0 Å². The maximum atomic E-state index is 8.75. The molecule has 1 unspecified atom stereocenters. The summed E-state index contributed by atoms with van der Waals surface area (Å²) in [4.78, 5) is 0. The quantitative estimate of drug-likeness (QED) is 0.607. The first-order chi connectivity index (χ1) is 6.16. The van der Waals surface area contributed by atoms with Gasteiger partial charge in [-0.3, -0.25) is 0 Å². The van der Waals surface area contributed by atoms with Crippen LogP contribution in [0.15, 0.2) is 18.2 Å². The molecule has 0 aliphatic heterocycles. The second kappa shape index (κ2) is 4.25. The van der Waals surface area contributed by atoms with Gasteiger partial charge in [0, 0.05) is 18.3 Å². The third kappa shape index (κ3) is 2.20. The second-order valence-electron chi connectivity index (χ2n) is 3.18. The van der Waals surface area contributed by atoms with E-state index in [-0.39, 0.29) is 12.6 Å². The lowest BCUT2D eigenvalue weighted by Crippen LogP contribution is -2.13. The molecule has 0 spiro atoms. The summed E-state index contributed by atoms with van der Waals surface area (Å²) in [6, 6.07) is 5.57. The highest BCUT2D eigenvalue weighted by Gasteiger charge is 2.08. The number of nitrogens with two attached hydrogens (primary N) is 2. The zero-order valence-electron chi connectivity index (χ0n) is 7.83. The van der Waals surface area contributed by atoms with Crippen LogP contribution in [0, 0.1) is 6.92 Å². The average Bonchev–Trinajstić information content (AvgIpc) is 2.10. The third-order valence-electron chi connectivity index (χ3n) is 2.26. The van der Waals surface area contributed by atoms with Crippen LogP contribution in [0.2, 0.25) is 0 Å². The molecule has 3 nitrogen and oxygen atoms in total. The highest BCUT2D eigenvalue weighted by atomic mass is 16.3. The largest absolute Gasteiger partial charge is 0.399 e. The Hall–Kier alpha value is -1.06. The van der Waals surface area contributed by atoms with Crippen molar-refractivity contribution in [2.24, 2.45) is 5.73 Å². The van der Waals surface area contributed by atoms with Gasteiger partial charge in [-0.1, -0.05) is 12.1 Å². The fourth-order valence-electron chi connectivity index (χ4n) is 1.37. The minimum absolute atomic E-state index is 0.107. The first-order valence-corrected chi connectivity index (χ1v) is 4.38. The normalized spacial score (nSPS) is 12.8. The van der Waals surface area contributed by atoms with Gasteiger partial charge >= 0.3 is 0 Å². The van der Waals surface area contributed by atoms with Crippen molar-refractivity contribution < 1.29 is 5.11 Å². The van der Waals surface area contributed by atoms with E-state index in [9.17, 15) is 0 Å². The van der Waals surface area contributed by atoms with Gasteiger partial charge in [0.15, 0.2) is 0 Å². The molecule has 1 rings (SSSR count). The lowest BCUT2D eigenvalue weighted by Gasteiger charge is -2.14. The predicted molar refractivity (Wildman–Crippen MR) is 54.2 cm³/mol. The molecular formula is C10H16N2O. The van der Waals surface area contributed by atoms with Gasteiger partial charge in [-0.15, -0.1) is 0 Å². The fourth-order valence-corrected chi connectivity index (χ4v) is 1.37. The summed E-state index contributed by atoms with van der Waals surface area (Å²) in [7, 11) is 0. The molecule has 72 valence electrons. The molecule has 0 aliphatic carbocycles. The zero-order valence-corrected chi connectivity index (χ0v) is 7.83. The van der Waals surface area contributed by atoms with Crippen LogP contribution in [0.1, 0.15) is 23.6 Å². The van der Waals surface area contributed by atoms with Crippen molar-refractivity contribution in [1.82, 2.24) is 0 Å². The molecule has 1 atom stereocenters. The second-order valence-corrected chi connectivity index (χ2v) is 3.18. The van der Waals surface area contributed by atoms with Gasteiger partial charge in [-0.05, 0) is 30.5 Å². The molecule has 0 amide bonds. The van der Waals surface area contributed by atoms with E-state index >= 15 is 0 Å². The lowest BCUT2D eigenvalue weighted by atomic mass is 9.99. The summed E-state index contributed by atoms with van der Waals surface area (Å²) < 4.78 is 0. The van der Waals surface area contributed by atoms with Crippen LogP contribution in [0.3, 0.4) is 0 Å². The van der Waals surface area contributed by atoms with Gasteiger partial charge in [0.05, 0.1) is 0 Å². The highest BCUT2D eigenvalue weighted by Crippen LogP contribution is 2.22. The predicted octanol–water partition coefficient (Wildman–Crippen LogP) is 0.959. The minimum Gasteiger partial charge on any atom is -0.399 e. The molecule has 0 heterocycles. The molecule has 0 saturated carbocycles. The first-order valence-electron chi connectivity index (χ1n) is 4.38. The molecule has 0 bridgehead atoms. The number of anilines is 1. The molecule has 0 radical (unpaired) electrons. The van der Waals surface area contributed by atoms with Gasteiger partial charge in [0.2, 0.25) is 0 Å². The summed E-state index contributed by atoms with van der Waals surface area (Å²) >= 11 is 0. The molecule has 5 N–H and O–H groups in total. The minimum atomic E-state index is -0.117. The van der Waals surface area contributed by atoms with Crippen LogP contribution in [0.4, 0.5) is 5.69 Å². The van der Waals surface area contributed by atoms with E-state index in [0.29, 0.717) is 6.42 Å². The van der Waals surface area contributed by atoms with Crippen molar-refractivity contribution >= 4 is 5.69 Å². The van der Waals surface area contributed by atoms with Gasteiger partial charge in [-0.25, -0.2) is 0 Å². The Kier molecular flexibility index (Phi) is 3.28. The van der Waals surface area contributed by atoms with E-state index in [1.165, 1.54) is 0 Å². The molecule has 3 heteroatoms. The van der Waals surface area contributed by atoms with E-state index in [1.807, 2.05) is 25.1 Å². The molecular weight excluding hydrogens is 164 g/mol. The van der Waals surface area contributed by atoms with Crippen LogP contribution in [0.25, 0.3) is 0 Å². The van der Waals surface area contributed by atoms with Crippen LogP contribution in [-0.2, 0) is 0 Å². The van der Waals surface area contributed by atoms with E-state index in [0.717, 1.165) is 16.8 Å². The molecule has 0 saturated heterocycles. The number of benzene rings is 1. The summed E-state index contributed by atoms with van der Waals surface area (Å²) in [5.41, 5.74) is 14.4. The van der Waals surface area contributed by atoms with Crippen LogP contribution >= 0.6 is 0 Å². The number of hydrogen-bond acceptors (Lipinski definition) is 3. The van der Waals surface area contributed by atoms with E-state index < -0.39 is 0 Å². The highest BCUT2D eigenvalue weighted by molar-refractivity contribution is 5.50. The molecule has 0 aliphatic rings. The van der Waals surface area contributed by atoms with Crippen molar-refractivity contribution in [3.8, 4) is 0 Å². The standard InChI is InChI=1S/C10H16N2O/c1-7-8(10(12)5-6-13)3-2-4-9(7)11/h2-4,10,13H,5-6,11-12H2,1H3. The number of rotatable bonds is 3. The van der Waals surface area contributed by atoms with Crippen LogP contribution in [0.5, 0.6) is 0 Å². The Balaban J connectivity index is 2.93. The Bertz CT molecular complexity index is 286. The lowest BCUT2D eigenvalue weighted by molar-refractivity contribution is 0.276. The van der Waals surface area contributed by atoms with E-state index in [1.54, 1.807) is 0 Å². The maximum Gasteiger partial charge on any atom is 0.0449 e. The Labute approximate surface area is 78.4 Å². The summed E-state index contributed by atoms with van der Waals surface area (Å²) in [5.74, 6) is 0. The van der Waals surface area contributed by atoms with Crippen LogP contribution in [-0.4, -0.2) is 11.7 Å². The molecule has 13 heavy (non-hydrogen) atoms. The van der Waals surface area contributed by atoms with E-state index in [2.05, 4.69) is 0 Å². The van der Waals surface area contributed by atoms with Crippen molar-refractivity contribution in [2.75, 3.05) is 12.3 Å².